The topological polar surface area (TPSA) is 68.0 Å². The largest absolute Gasteiger partial charge is 0.398 e. The van der Waals surface area contributed by atoms with E-state index in [-0.39, 0.29) is 5.91 Å². The molecular formula is C12H10IN3O. The van der Waals surface area contributed by atoms with Crippen LogP contribution in [0.5, 0.6) is 0 Å². The third kappa shape index (κ3) is 2.94. The molecule has 1 aromatic carbocycles. The van der Waals surface area contributed by atoms with Crippen molar-refractivity contribution in [3.8, 4) is 0 Å². The van der Waals surface area contributed by atoms with Gasteiger partial charge in [-0.05, 0) is 52.9 Å². The SMILES string of the molecule is Nc1ccncc1C(=O)Nc1ccc(I)cc1. The highest BCUT2D eigenvalue weighted by atomic mass is 127. The third-order valence-electron chi connectivity index (χ3n) is 2.20. The molecule has 3 N–H and O–H groups in total. The average molecular weight is 339 g/mol. The highest BCUT2D eigenvalue weighted by molar-refractivity contribution is 14.1. The van der Waals surface area contributed by atoms with Gasteiger partial charge in [0.1, 0.15) is 0 Å². The summed E-state index contributed by atoms with van der Waals surface area (Å²) in [5.41, 5.74) is 7.23. The summed E-state index contributed by atoms with van der Waals surface area (Å²) in [5, 5.41) is 2.76. The average Bonchev–Trinajstić information content (AvgIpc) is 2.32. The number of anilines is 2. The van der Waals surface area contributed by atoms with Gasteiger partial charge in [-0.25, -0.2) is 0 Å². The normalized spacial score (nSPS) is 9.94. The maximum Gasteiger partial charge on any atom is 0.259 e. The molecule has 1 heterocycles. The van der Waals surface area contributed by atoms with Gasteiger partial charge in [0, 0.05) is 27.3 Å². The maximum absolute atomic E-state index is 11.9. The number of rotatable bonds is 2. The van der Waals surface area contributed by atoms with E-state index in [1.165, 1.54) is 6.20 Å². The third-order valence-corrected chi connectivity index (χ3v) is 2.92. The Morgan fingerprint density at radius 2 is 1.94 bits per heavy atom. The molecule has 1 aromatic heterocycles. The number of benzene rings is 1. The summed E-state index contributed by atoms with van der Waals surface area (Å²) in [6.45, 7) is 0. The van der Waals surface area contributed by atoms with E-state index in [2.05, 4.69) is 32.9 Å². The Hall–Kier alpha value is -1.63. The number of aromatic nitrogens is 1. The van der Waals surface area contributed by atoms with Crippen LogP contribution in [0.1, 0.15) is 10.4 Å². The van der Waals surface area contributed by atoms with Gasteiger partial charge in [-0.15, -0.1) is 0 Å². The molecule has 0 aliphatic heterocycles. The van der Waals surface area contributed by atoms with E-state index >= 15 is 0 Å². The minimum Gasteiger partial charge on any atom is -0.398 e. The van der Waals surface area contributed by atoms with Crippen molar-refractivity contribution in [3.63, 3.8) is 0 Å². The highest BCUT2D eigenvalue weighted by Crippen LogP contribution is 2.14. The van der Waals surface area contributed by atoms with Crippen LogP contribution in [0.3, 0.4) is 0 Å². The molecule has 0 atom stereocenters. The van der Waals surface area contributed by atoms with Gasteiger partial charge in [-0.2, -0.15) is 0 Å². The van der Waals surface area contributed by atoms with E-state index in [1.54, 1.807) is 12.3 Å². The zero-order chi connectivity index (χ0) is 12.3. The van der Waals surface area contributed by atoms with Gasteiger partial charge in [-0.1, -0.05) is 0 Å². The lowest BCUT2D eigenvalue weighted by Crippen LogP contribution is -2.14. The lowest BCUT2D eigenvalue weighted by atomic mass is 10.2. The van der Waals surface area contributed by atoms with E-state index in [4.69, 9.17) is 5.73 Å². The number of pyridine rings is 1. The molecule has 0 bridgehead atoms. The zero-order valence-corrected chi connectivity index (χ0v) is 11.0. The molecule has 1 amide bonds. The van der Waals surface area contributed by atoms with Crippen LogP contribution in [-0.2, 0) is 0 Å². The second kappa shape index (κ2) is 5.13. The number of nitrogen functional groups attached to an aromatic ring is 1. The number of nitrogens with one attached hydrogen (secondary N) is 1. The molecule has 0 radical (unpaired) electrons. The van der Waals surface area contributed by atoms with Gasteiger partial charge in [0.2, 0.25) is 0 Å². The predicted molar refractivity (Wildman–Crippen MR) is 75.8 cm³/mol. The molecule has 2 aromatic rings. The van der Waals surface area contributed by atoms with Crippen molar-refractivity contribution in [1.29, 1.82) is 0 Å². The van der Waals surface area contributed by atoms with Crippen molar-refractivity contribution in [1.82, 2.24) is 4.98 Å². The number of hydrogen-bond donors (Lipinski definition) is 2. The Kier molecular flexibility index (Phi) is 3.58. The number of nitrogens with zero attached hydrogens (tertiary/aromatic N) is 1. The Bertz CT molecular complexity index is 540. The van der Waals surface area contributed by atoms with Gasteiger partial charge in [0.05, 0.1) is 5.56 Å². The molecule has 0 unspecified atom stereocenters. The van der Waals surface area contributed by atoms with Crippen molar-refractivity contribution in [3.05, 3.63) is 51.9 Å². The Balaban J connectivity index is 2.17. The molecule has 4 nitrogen and oxygen atoms in total. The van der Waals surface area contributed by atoms with Gasteiger partial charge >= 0.3 is 0 Å². The molecule has 0 spiro atoms. The maximum atomic E-state index is 11.9. The first kappa shape index (κ1) is 11.8. The number of carbonyl (C=O) groups excluding carboxylic acids is 1. The minimum absolute atomic E-state index is 0.253. The molecule has 5 heteroatoms. The summed E-state index contributed by atoms with van der Waals surface area (Å²) in [6.07, 6.45) is 3.01. The van der Waals surface area contributed by atoms with Crippen molar-refractivity contribution in [2.75, 3.05) is 11.1 Å². The van der Waals surface area contributed by atoms with Crippen LogP contribution in [-0.4, -0.2) is 10.9 Å². The predicted octanol–water partition coefficient (Wildman–Crippen LogP) is 2.52. The second-order valence-corrected chi connectivity index (χ2v) is 4.67. The van der Waals surface area contributed by atoms with Crippen LogP contribution in [0.4, 0.5) is 11.4 Å². The standard InChI is InChI=1S/C12H10IN3O/c13-8-1-3-9(4-2-8)16-12(17)10-7-15-6-5-11(10)14/h1-7H,(H2,14,15)(H,16,17). The molecular weight excluding hydrogens is 329 g/mol. The lowest BCUT2D eigenvalue weighted by molar-refractivity contribution is 0.102. The van der Waals surface area contributed by atoms with E-state index in [0.717, 1.165) is 9.26 Å². The van der Waals surface area contributed by atoms with Crippen LogP contribution in [0.2, 0.25) is 0 Å². The van der Waals surface area contributed by atoms with Crippen LogP contribution < -0.4 is 11.1 Å². The van der Waals surface area contributed by atoms with Crippen molar-refractivity contribution in [2.24, 2.45) is 0 Å². The van der Waals surface area contributed by atoms with Gasteiger partial charge in [0.15, 0.2) is 0 Å². The fraction of sp³-hybridized carbons (Fsp3) is 0. The Morgan fingerprint density at radius 1 is 1.24 bits per heavy atom. The molecule has 2 rings (SSSR count). The van der Waals surface area contributed by atoms with Crippen LogP contribution in [0, 0.1) is 3.57 Å². The minimum atomic E-state index is -0.253. The summed E-state index contributed by atoms with van der Waals surface area (Å²) < 4.78 is 1.11. The first-order valence-electron chi connectivity index (χ1n) is 4.93. The number of hydrogen-bond acceptors (Lipinski definition) is 3. The van der Waals surface area contributed by atoms with Crippen LogP contribution in [0.25, 0.3) is 0 Å². The Morgan fingerprint density at radius 3 is 2.59 bits per heavy atom. The summed E-state index contributed by atoms with van der Waals surface area (Å²) in [6, 6.07) is 9.12. The molecule has 0 aliphatic rings. The van der Waals surface area contributed by atoms with E-state index in [1.807, 2.05) is 24.3 Å². The summed E-state index contributed by atoms with van der Waals surface area (Å²) >= 11 is 2.20. The van der Waals surface area contributed by atoms with E-state index < -0.39 is 0 Å². The molecule has 0 saturated carbocycles. The first-order chi connectivity index (χ1) is 8.16. The summed E-state index contributed by atoms with van der Waals surface area (Å²) in [4.78, 5) is 15.8. The van der Waals surface area contributed by atoms with Crippen molar-refractivity contribution < 1.29 is 4.79 Å². The van der Waals surface area contributed by atoms with Crippen molar-refractivity contribution in [2.45, 2.75) is 0 Å². The monoisotopic (exact) mass is 339 g/mol. The van der Waals surface area contributed by atoms with Gasteiger partial charge < -0.3 is 11.1 Å². The molecule has 17 heavy (non-hydrogen) atoms. The second-order valence-electron chi connectivity index (χ2n) is 3.42. The summed E-state index contributed by atoms with van der Waals surface area (Å²) in [7, 11) is 0. The number of carbonyl (C=O) groups is 1. The fourth-order valence-electron chi connectivity index (χ4n) is 1.33. The Labute approximate surface area is 112 Å². The van der Waals surface area contributed by atoms with Crippen molar-refractivity contribution >= 4 is 39.9 Å². The molecule has 0 aliphatic carbocycles. The smallest absolute Gasteiger partial charge is 0.259 e. The molecule has 0 fully saturated rings. The highest BCUT2D eigenvalue weighted by Gasteiger charge is 2.09. The number of nitrogens with two attached hydrogens (primary N) is 1. The number of halogens is 1. The molecule has 86 valence electrons. The molecule has 0 saturated heterocycles. The number of amides is 1. The van der Waals surface area contributed by atoms with Gasteiger partial charge in [-0.3, -0.25) is 9.78 Å². The fourth-order valence-corrected chi connectivity index (χ4v) is 1.69. The lowest BCUT2D eigenvalue weighted by Gasteiger charge is -2.06. The van der Waals surface area contributed by atoms with Crippen LogP contribution >= 0.6 is 22.6 Å². The first-order valence-corrected chi connectivity index (χ1v) is 6.01. The summed E-state index contributed by atoms with van der Waals surface area (Å²) in [5.74, 6) is -0.253. The quantitative estimate of drug-likeness (QED) is 0.827. The van der Waals surface area contributed by atoms with E-state index in [0.29, 0.717) is 11.3 Å². The van der Waals surface area contributed by atoms with E-state index in [9.17, 15) is 4.79 Å². The zero-order valence-electron chi connectivity index (χ0n) is 8.85. The van der Waals surface area contributed by atoms with Crippen LogP contribution in [0.15, 0.2) is 42.7 Å². The van der Waals surface area contributed by atoms with Gasteiger partial charge in [0.25, 0.3) is 5.91 Å².